The van der Waals surface area contributed by atoms with Crippen LogP contribution in [0.1, 0.15) is 0 Å². The van der Waals surface area contributed by atoms with Gasteiger partial charge in [-0.05, 0) is 11.4 Å². The molecule has 60 valence electrons. The Labute approximate surface area is 73.1 Å². The number of hydrogen-bond acceptors (Lipinski definition) is 3. The Hall–Kier alpha value is -1.35. The maximum atomic E-state index is 10.9. The molecule has 2 aromatic rings. The minimum Gasteiger partial charge on any atom is -0.463 e. The van der Waals surface area contributed by atoms with Crippen molar-refractivity contribution in [2.45, 2.75) is 0 Å². The largest absolute Gasteiger partial charge is 0.463 e. The molecule has 3 heteroatoms. The quantitative estimate of drug-likeness (QED) is 0.671. The van der Waals surface area contributed by atoms with E-state index in [0.717, 1.165) is 4.88 Å². The Balaban J connectivity index is 2.55. The smallest absolute Gasteiger partial charge is 0.185 e. The normalized spacial score (nSPS) is 10.0. The van der Waals surface area contributed by atoms with Crippen molar-refractivity contribution in [2.24, 2.45) is 0 Å². The van der Waals surface area contributed by atoms with Crippen molar-refractivity contribution in [3.63, 3.8) is 0 Å². The van der Waals surface area contributed by atoms with Crippen molar-refractivity contribution in [3.8, 4) is 10.6 Å². The molecule has 0 aromatic carbocycles. The Kier molecular flexibility index (Phi) is 1.80. The van der Waals surface area contributed by atoms with E-state index >= 15 is 0 Å². The lowest BCUT2D eigenvalue weighted by atomic mass is 10.3. The van der Waals surface area contributed by atoms with Crippen LogP contribution >= 0.6 is 11.3 Å². The van der Waals surface area contributed by atoms with Gasteiger partial charge in [0.2, 0.25) is 0 Å². The van der Waals surface area contributed by atoms with E-state index in [0.29, 0.717) is 5.76 Å². The Bertz CT molecular complexity index is 414. The van der Waals surface area contributed by atoms with Gasteiger partial charge in [-0.15, -0.1) is 11.3 Å². The lowest BCUT2D eigenvalue weighted by molar-refractivity contribution is 0.566. The third-order valence-electron chi connectivity index (χ3n) is 1.46. The van der Waals surface area contributed by atoms with Gasteiger partial charge in [-0.3, -0.25) is 4.79 Å². The standard InChI is InChI=1S/C9H6O2S/c10-7-3-4-11-8(6-7)9-2-1-5-12-9/h1-6H. The van der Waals surface area contributed by atoms with Gasteiger partial charge in [0.25, 0.3) is 0 Å². The van der Waals surface area contributed by atoms with Crippen LogP contribution in [0.3, 0.4) is 0 Å². The van der Waals surface area contributed by atoms with E-state index in [4.69, 9.17) is 4.42 Å². The molecule has 0 aliphatic carbocycles. The third kappa shape index (κ3) is 1.31. The van der Waals surface area contributed by atoms with Crippen LogP contribution in [0.25, 0.3) is 10.6 Å². The van der Waals surface area contributed by atoms with Crippen LogP contribution < -0.4 is 5.43 Å². The molecule has 2 aromatic heterocycles. The van der Waals surface area contributed by atoms with Gasteiger partial charge in [-0.25, -0.2) is 0 Å². The molecule has 0 N–H and O–H groups in total. The first-order valence-electron chi connectivity index (χ1n) is 3.49. The van der Waals surface area contributed by atoms with Gasteiger partial charge in [0.1, 0.15) is 5.76 Å². The number of thiophene rings is 1. The van der Waals surface area contributed by atoms with E-state index in [2.05, 4.69) is 0 Å². The van der Waals surface area contributed by atoms with Gasteiger partial charge in [0.15, 0.2) is 5.43 Å². The molecule has 0 radical (unpaired) electrons. The van der Waals surface area contributed by atoms with E-state index in [9.17, 15) is 4.79 Å². The van der Waals surface area contributed by atoms with Crippen LogP contribution in [-0.4, -0.2) is 0 Å². The highest BCUT2D eigenvalue weighted by Crippen LogP contribution is 2.22. The van der Waals surface area contributed by atoms with Crippen LogP contribution in [0.5, 0.6) is 0 Å². The predicted molar refractivity (Wildman–Crippen MR) is 48.3 cm³/mol. The highest BCUT2D eigenvalue weighted by molar-refractivity contribution is 7.13. The average molecular weight is 178 g/mol. The zero-order chi connectivity index (χ0) is 8.39. The molecule has 2 nitrogen and oxygen atoms in total. The Morgan fingerprint density at radius 2 is 2.25 bits per heavy atom. The highest BCUT2D eigenvalue weighted by atomic mass is 32.1. The lowest BCUT2D eigenvalue weighted by Crippen LogP contribution is -1.94. The molecule has 2 rings (SSSR count). The van der Waals surface area contributed by atoms with Crippen molar-refractivity contribution < 1.29 is 4.42 Å². The summed E-state index contributed by atoms with van der Waals surface area (Å²) in [5.41, 5.74) is -0.0235. The van der Waals surface area contributed by atoms with Crippen LogP contribution in [-0.2, 0) is 0 Å². The molecular formula is C9H6O2S. The SMILES string of the molecule is O=c1ccoc(-c2cccs2)c1. The molecular weight excluding hydrogens is 172 g/mol. The van der Waals surface area contributed by atoms with E-state index in [1.165, 1.54) is 18.4 Å². The van der Waals surface area contributed by atoms with Gasteiger partial charge in [0.05, 0.1) is 11.1 Å². The molecule has 0 amide bonds. The zero-order valence-electron chi connectivity index (χ0n) is 6.19. The average Bonchev–Trinajstić information content (AvgIpc) is 2.56. The molecule has 0 aliphatic rings. The monoisotopic (exact) mass is 178 g/mol. The summed E-state index contributed by atoms with van der Waals surface area (Å²) < 4.78 is 5.16. The van der Waals surface area contributed by atoms with Crippen molar-refractivity contribution >= 4 is 11.3 Å². The first-order valence-corrected chi connectivity index (χ1v) is 4.37. The van der Waals surface area contributed by atoms with Crippen LogP contribution in [0.4, 0.5) is 0 Å². The van der Waals surface area contributed by atoms with Gasteiger partial charge in [0, 0.05) is 12.1 Å². The van der Waals surface area contributed by atoms with E-state index < -0.39 is 0 Å². The first-order chi connectivity index (χ1) is 5.86. The summed E-state index contributed by atoms with van der Waals surface area (Å²) >= 11 is 1.55. The molecule has 12 heavy (non-hydrogen) atoms. The molecule has 0 saturated carbocycles. The molecule has 0 atom stereocenters. The second kappa shape index (κ2) is 2.95. The lowest BCUT2D eigenvalue weighted by Gasteiger charge is -1.92. The topological polar surface area (TPSA) is 30.2 Å². The summed E-state index contributed by atoms with van der Waals surface area (Å²) in [5, 5.41) is 1.95. The molecule has 0 unspecified atom stereocenters. The molecule has 0 saturated heterocycles. The fourth-order valence-electron chi connectivity index (χ4n) is 0.934. The maximum absolute atomic E-state index is 10.9. The number of rotatable bonds is 1. The summed E-state index contributed by atoms with van der Waals surface area (Å²) in [5.74, 6) is 0.637. The fourth-order valence-corrected chi connectivity index (χ4v) is 1.62. The molecule has 0 fully saturated rings. The van der Waals surface area contributed by atoms with Crippen LogP contribution in [0, 0.1) is 0 Å². The molecule has 2 heterocycles. The zero-order valence-corrected chi connectivity index (χ0v) is 7.01. The summed E-state index contributed by atoms with van der Waals surface area (Å²) in [4.78, 5) is 11.9. The van der Waals surface area contributed by atoms with Gasteiger partial charge in [-0.1, -0.05) is 6.07 Å². The summed E-state index contributed by atoms with van der Waals surface area (Å²) in [7, 11) is 0. The molecule has 0 spiro atoms. The third-order valence-corrected chi connectivity index (χ3v) is 2.35. The highest BCUT2D eigenvalue weighted by Gasteiger charge is 1.99. The van der Waals surface area contributed by atoms with E-state index in [-0.39, 0.29) is 5.43 Å². The van der Waals surface area contributed by atoms with Crippen LogP contribution in [0.15, 0.2) is 45.1 Å². The molecule has 0 bridgehead atoms. The van der Waals surface area contributed by atoms with Crippen molar-refractivity contribution in [2.75, 3.05) is 0 Å². The van der Waals surface area contributed by atoms with E-state index in [1.807, 2.05) is 17.5 Å². The van der Waals surface area contributed by atoms with Crippen LogP contribution in [0.2, 0.25) is 0 Å². The number of hydrogen-bond donors (Lipinski definition) is 0. The van der Waals surface area contributed by atoms with Gasteiger partial charge < -0.3 is 4.42 Å². The minimum absolute atomic E-state index is 0.0235. The van der Waals surface area contributed by atoms with E-state index in [1.54, 1.807) is 11.3 Å². The Morgan fingerprint density at radius 3 is 2.92 bits per heavy atom. The van der Waals surface area contributed by atoms with Gasteiger partial charge in [-0.2, -0.15) is 0 Å². The first kappa shape index (κ1) is 7.31. The minimum atomic E-state index is -0.0235. The van der Waals surface area contributed by atoms with Crippen molar-refractivity contribution in [1.29, 1.82) is 0 Å². The van der Waals surface area contributed by atoms with Crippen molar-refractivity contribution in [1.82, 2.24) is 0 Å². The van der Waals surface area contributed by atoms with Gasteiger partial charge >= 0.3 is 0 Å². The second-order valence-corrected chi connectivity index (χ2v) is 3.26. The van der Waals surface area contributed by atoms with Crippen molar-refractivity contribution in [3.05, 3.63) is 46.1 Å². The summed E-state index contributed by atoms with van der Waals surface area (Å²) in [6, 6.07) is 6.73. The predicted octanol–water partition coefficient (Wildman–Crippen LogP) is 2.37. The summed E-state index contributed by atoms with van der Waals surface area (Å²) in [6.45, 7) is 0. The molecule has 0 aliphatic heterocycles. The second-order valence-electron chi connectivity index (χ2n) is 2.31. The fraction of sp³-hybridized carbons (Fsp3) is 0. The Morgan fingerprint density at radius 1 is 1.33 bits per heavy atom. The maximum Gasteiger partial charge on any atom is 0.185 e. The summed E-state index contributed by atoms with van der Waals surface area (Å²) in [6.07, 6.45) is 1.41.